The van der Waals surface area contributed by atoms with Gasteiger partial charge in [0.15, 0.2) is 0 Å². The molecule has 2 heterocycles. The number of para-hydroxylation sites is 4. The highest BCUT2D eigenvalue weighted by Crippen LogP contribution is 2.48. The molecule has 0 aliphatic heterocycles. The van der Waals surface area contributed by atoms with E-state index in [1.807, 2.05) is 6.07 Å². The molecule has 0 aliphatic carbocycles. The van der Waals surface area contributed by atoms with Gasteiger partial charge >= 0.3 is 0 Å². The zero-order valence-electron chi connectivity index (χ0n) is 33.2. The first-order chi connectivity index (χ1) is 30.3. The van der Waals surface area contributed by atoms with Gasteiger partial charge in [-0.05, 0) is 99.8 Å². The lowest BCUT2D eigenvalue weighted by Gasteiger charge is -2.29. The fourth-order valence-electron chi connectivity index (χ4n) is 9.40. The fraction of sp³-hybridized carbons (Fsp3) is 0. The van der Waals surface area contributed by atoms with E-state index in [1.54, 1.807) is 0 Å². The molecular weight excluding hydrogens is 741 g/mol. The van der Waals surface area contributed by atoms with Crippen molar-refractivity contribution in [3.8, 4) is 39.1 Å². The second-order valence-electron chi connectivity index (χ2n) is 15.7. The molecule has 61 heavy (non-hydrogen) atoms. The van der Waals surface area contributed by atoms with Gasteiger partial charge in [-0.2, -0.15) is 0 Å². The smallest absolute Gasteiger partial charge is 0.136 e. The SMILES string of the molecule is c1ccc(-c2ccc(N(c3ccc(-c4cccc(-n5c6ccccc6c6ccccc65)c4)cc3)c3ccccc3-c3c4ccccc4cc4oc5ccccc5c34)cc2)cc1. The summed E-state index contributed by atoms with van der Waals surface area (Å²) in [4.78, 5) is 2.40. The van der Waals surface area contributed by atoms with Gasteiger partial charge in [-0.1, -0.05) is 164 Å². The first-order valence-corrected chi connectivity index (χ1v) is 20.8. The largest absolute Gasteiger partial charge is 0.456 e. The zero-order valence-corrected chi connectivity index (χ0v) is 33.2. The summed E-state index contributed by atoms with van der Waals surface area (Å²) in [5.41, 5.74) is 15.5. The quantitative estimate of drug-likeness (QED) is 0.161. The van der Waals surface area contributed by atoms with Crippen LogP contribution in [0.25, 0.3) is 93.6 Å². The summed E-state index contributed by atoms with van der Waals surface area (Å²) in [5.74, 6) is 0. The molecule has 3 heteroatoms. The number of rotatable bonds is 7. The van der Waals surface area contributed by atoms with Gasteiger partial charge in [0.1, 0.15) is 11.2 Å². The van der Waals surface area contributed by atoms with Crippen molar-refractivity contribution in [1.82, 2.24) is 4.57 Å². The zero-order chi connectivity index (χ0) is 40.3. The maximum Gasteiger partial charge on any atom is 0.136 e. The molecule has 286 valence electrons. The Hall–Kier alpha value is -8.14. The Morgan fingerprint density at radius 1 is 0.361 bits per heavy atom. The number of furan rings is 1. The van der Waals surface area contributed by atoms with Crippen LogP contribution in [0.15, 0.2) is 235 Å². The molecule has 0 N–H and O–H groups in total. The van der Waals surface area contributed by atoms with Crippen molar-refractivity contribution in [2.45, 2.75) is 0 Å². The van der Waals surface area contributed by atoms with Crippen molar-refractivity contribution in [2.24, 2.45) is 0 Å². The number of anilines is 3. The standard InChI is InChI=1S/C58H38N2O/c1-2-15-39(16-3-1)40-29-33-44(34-30-40)59(54-27-12-8-23-50(54)57-47-20-5-4-17-43(47)38-56-58(57)51-24-9-13-28-55(51)61-56)45-35-31-41(32-36-45)42-18-14-19-46(37-42)60-52-25-10-6-21-48(52)49-22-7-11-26-53(49)60/h1-38H. The predicted octanol–water partition coefficient (Wildman–Crippen LogP) is 16.3. The first-order valence-electron chi connectivity index (χ1n) is 20.8. The van der Waals surface area contributed by atoms with Gasteiger partial charge in [0.05, 0.1) is 16.7 Å². The van der Waals surface area contributed by atoms with Crippen LogP contribution in [-0.4, -0.2) is 4.57 Å². The van der Waals surface area contributed by atoms with Crippen molar-refractivity contribution in [3.63, 3.8) is 0 Å². The van der Waals surface area contributed by atoms with Crippen LogP contribution < -0.4 is 4.90 Å². The Morgan fingerprint density at radius 3 is 1.62 bits per heavy atom. The van der Waals surface area contributed by atoms with E-state index in [0.717, 1.165) is 72.3 Å². The summed E-state index contributed by atoms with van der Waals surface area (Å²) in [6, 6.07) is 82.9. The fourth-order valence-corrected chi connectivity index (χ4v) is 9.40. The van der Waals surface area contributed by atoms with Crippen molar-refractivity contribution in [3.05, 3.63) is 231 Å². The van der Waals surface area contributed by atoms with Gasteiger partial charge in [0.2, 0.25) is 0 Å². The predicted molar refractivity (Wildman–Crippen MR) is 257 cm³/mol. The van der Waals surface area contributed by atoms with Crippen LogP contribution in [0, 0.1) is 0 Å². The summed E-state index contributed by atoms with van der Waals surface area (Å²) in [6.07, 6.45) is 0. The van der Waals surface area contributed by atoms with Crippen molar-refractivity contribution >= 4 is 71.6 Å². The summed E-state index contributed by atoms with van der Waals surface area (Å²) >= 11 is 0. The molecule has 12 rings (SSSR count). The average Bonchev–Trinajstić information content (AvgIpc) is 3.87. The maximum absolute atomic E-state index is 6.56. The lowest BCUT2D eigenvalue weighted by Crippen LogP contribution is -2.11. The summed E-state index contributed by atoms with van der Waals surface area (Å²) in [5, 5.41) is 7.08. The van der Waals surface area contributed by atoms with Crippen molar-refractivity contribution in [2.75, 3.05) is 4.90 Å². The molecule has 0 saturated carbocycles. The lowest BCUT2D eigenvalue weighted by atomic mass is 9.91. The monoisotopic (exact) mass is 778 g/mol. The number of nitrogens with zero attached hydrogens (tertiary/aromatic N) is 2. The van der Waals surface area contributed by atoms with Gasteiger partial charge in [-0.15, -0.1) is 0 Å². The Bertz CT molecular complexity index is 3520. The summed E-state index contributed by atoms with van der Waals surface area (Å²) in [7, 11) is 0. The highest BCUT2D eigenvalue weighted by atomic mass is 16.3. The van der Waals surface area contributed by atoms with E-state index in [2.05, 4.69) is 234 Å². The third-order valence-corrected chi connectivity index (χ3v) is 12.2. The van der Waals surface area contributed by atoms with Crippen LogP contribution in [0.5, 0.6) is 0 Å². The van der Waals surface area contributed by atoms with Crippen LogP contribution in [0.2, 0.25) is 0 Å². The minimum Gasteiger partial charge on any atom is -0.456 e. The van der Waals surface area contributed by atoms with Gasteiger partial charge in [0.25, 0.3) is 0 Å². The van der Waals surface area contributed by atoms with Crippen LogP contribution in [-0.2, 0) is 0 Å². The molecule has 2 aromatic heterocycles. The molecule has 3 nitrogen and oxygen atoms in total. The topological polar surface area (TPSA) is 21.3 Å². The van der Waals surface area contributed by atoms with E-state index >= 15 is 0 Å². The van der Waals surface area contributed by atoms with E-state index in [-0.39, 0.29) is 0 Å². The van der Waals surface area contributed by atoms with E-state index in [0.29, 0.717) is 0 Å². The number of aromatic nitrogens is 1. The molecule has 0 atom stereocenters. The van der Waals surface area contributed by atoms with Crippen molar-refractivity contribution < 1.29 is 4.42 Å². The Kier molecular flexibility index (Phi) is 8.17. The van der Waals surface area contributed by atoms with Crippen LogP contribution in [0.4, 0.5) is 17.1 Å². The van der Waals surface area contributed by atoms with E-state index in [4.69, 9.17) is 4.42 Å². The molecular formula is C58H38N2O. The molecule has 0 aliphatic rings. The second-order valence-corrected chi connectivity index (χ2v) is 15.7. The van der Waals surface area contributed by atoms with Gasteiger partial charge in [-0.25, -0.2) is 0 Å². The molecule has 10 aromatic carbocycles. The van der Waals surface area contributed by atoms with Gasteiger partial charge < -0.3 is 13.9 Å². The normalized spacial score (nSPS) is 11.6. The maximum atomic E-state index is 6.56. The van der Waals surface area contributed by atoms with Crippen LogP contribution >= 0.6 is 0 Å². The Balaban J connectivity index is 1.02. The first kappa shape index (κ1) is 34.9. The number of hydrogen-bond acceptors (Lipinski definition) is 2. The van der Waals surface area contributed by atoms with E-state index in [1.165, 1.54) is 38.3 Å². The Labute approximate surface area is 353 Å². The minimum absolute atomic E-state index is 0.885. The Morgan fingerprint density at radius 2 is 0.902 bits per heavy atom. The van der Waals surface area contributed by atoms with E-state index in [9.17, 15) is 0 Å². The highest BCUT2D eigenvalue weighted by Gasteiger charge is 2.23. The molecule has 0 amide bonds. The van der Waals surface area contributed by atoms with Crippen LogP contribution in [0.3, 0.4) is 0 Å². The molecule has 0 radical (unpaired) electrons. The van der Waals surface area contributed by atoms with Crippen molar-refractivity contribution in [1.29, 1.82) is 0 Å². The molecule has 0 spiro atoms. The second kappa shape index (κ2) is 14.3. The third-order valence-electron chi connectivity index (χ3n) is 12.2. The molecule has 0 bridgehead atoms. The average molecular weight is 779 g/mol. The number of benzene rings is 10. The molecule has 0 saturated heterocycles. The number of hydrogen-bond donors (Lipinski definition) is 0. The summed E-state index contributed by atoms with van der Waals surface area (Å²) in [6.45, 7) is 0. The highest BCUT2D eigenvalue weighted by molar-refractivity contribution is 6.22. The molecule has 0 fully saturated rings. The lowest BCUT2D eigenvalue weighted by molar-refractivity contribution is 0.669. The third kappa shape index (κ3) is 5.82. The van der Waals surface area contributed by atoms with Gasteiger partial charge in [-0.3, -0.25) is 0 Å². The summed E-state index contributed by atoms with van der Waals surface area (Å²) < 4.78 is 8.94. The molecule has 12 aromatic rings. The van der Waals surface area contributed by atoms with E-state index < -0.39 is 0 Å². The minimum atomic E-state index is 0.885. The molecule has 0 unspecified atom stereocenters. The van der Waals surface area contributed by atoms with Gasteiger partial charge in [0, 0.05) is 49.7 Å². The van der Waals surface area contributed by atoms with Crippen LogP contribution in [0.1, 0.15) is 0 Å². The number of fused-ring (bicyclic) bond motifs is 7.